The third-order valence-corrected chi connectivity index (χ3v) is 5.01. The number of fused-ring (bicyclic) bond motifs is 1. The molecule has 2 N–H and O–H groups in total. The van der Waals surface area contributed by atoms with E-state index in [1.165, 1.54) is 4.88 Å². The first kappa shape index (κ1) is 12.9. The monoisotopic (exact) mass is 351 g/mol. The van der Waals surface area contributed by atoms with E-state index in [9.17, 15) is 0 Å². The topological polar surface area (TPSA) is 51.8 Å². The smallest absolute Gasteiger partial charge is 0.222 e. The highest BCUT2D eigenvalue weighted by atomic mass is 79.9. The molecule has 2 aromatic heterocycles. The van der Waals surface area contributed by atoms with Crippen molar-refractivity contribution in [2.45, 2.75) is 16.8 Å². The Hall–Kier alpha value is -1.11. The lowest BCUT2D eigenvalue weighted by atomic mass is 10.4. The van der Waals surface area contributed by atoms with Gasteiger partial charge in [0.05, 0.1) is 0 Å². The average molecular weight is 352 g/mol. The Morgan fingerprint density at radius 2 is 1.95 bits per heavy atom. The van der Waals surface area contributed by atoms with E-state index in [2.05, 4.69) is 51.0 Å². The second-order valence-electron chi connectivity index (χ2n) is 4.02. The van der Waals surface area contributed by atoms with Crippen molar-refractivity contribution >= 4 is 55.2 Å². The van der Waals surface area contributed by atoms with E-state index in [0.29, 0.717) is 5.95 Å². The van der Waals surface area contributed by atoms with E-state index >= 15 is 0 Å². The third kappa shape index (κ3) is 2.75. The number of hydrogen-bond acceptors (Lipinski definition) is 5. The molecule has 96 valence electrons. The summed E-state index contributed by atoms with van der Waals surface area (Å²) in [6, 6.07) is 10.3. The van der Waals surface area contributed by atoms with Crippen LogP contribution in [0.25, 0.3) is 10.2 Å². The van der Waals surface area contributed by atoms with Crippen molar-refractivity contribution < 1.29 is 0 Å². The number of hydrogen-bond donors (Lipinski definition) is 1. The predicted molar refractivity (Wildman–Crippen MR) is 84.8 cm³/mol. The first-order valence-corrected chi connectivity index (χ1v) is 8.01. The molecular weight excluding hydrogens is 342 g/mol. The predicted octanol–water partition coefficient (Wildman–Crippen LogP) is 4.50. The molecule has 0 aliphatic heterocycles. The van der Waals surface area contributed by atoms with Gasteiger partial charge in [0.25, 0.3) is 0 Å². The van der Waals surface area contributed by atoms with E-state index in [0.717, 1.165) is 24.6 Å². The van der Waals surface area contributed by atoms with Crippen molar-refractivity contribution in [2.24, 2.45) is 0 Å². The molecule has 0 spiro atoms. The van der Waals surface area contributed by atoms with Gasteiger partial charge in [-0.3, -0.25) is 0 Å². The van der Waals surface area contributed by atoms with Crippen molar-refractivity contribution in [1.82, 2.24) is 9.97 Å². The van der Waals surface area contributed by atoms with Gasteiger partial charge in [-0.25, -0.2) is 9.97 Å². The molecule has 0 saturated heterocycles. The van der Waals surface area contributed by atoms with Gasteiger partial charge in [-0.15, -0.1) is 11.3 Å². The van der Waals surface area contributed by atoms with Crippen LogP contribution in [-0.2, 0) is 0 Å². The molecule has 3 nitrogen and oxygen atoms in total. The molecule has 0 unspecified atom stereocenters. The fraction of sp³-hybridized carbons (Fsp3) is 0.0769. The number of thiophene rings is 1. The summed E-state index contributed by atoms with van der Waals surface area (Å²) in [5.74, 6) is 0.328. The SMILES string of the molecule is Cc1cc2c(Sc3ccc(Br)cc3)nc(N)nc2s1. The van der Waals surface area contributed by atoms with Crippen molar-refractivity contribution in [3.63, 3.8) is 0 Å². The fourth-order valence-corrected chi connectivity index (χ4v) is 3.84. The molecule has 0 amide bonds. The molecule has 6 heteroatoms. The molecule has 0 aliphatic rings. The number of nitrogens with two attached hydrogens (primary N) is 1. The Morgan fingerprint density at radius 3 is 2.68 bits per heavy atom. The Labute approximate surface area is 127 Å². The standard InChI is InChI=1S/C13H10BrN3S2/c1-7-6-10-11(18-7)16-13(15)17-12(10)19-9-4-2-8(14)3-5-9/h2-6H,1H3,(H2,15,16,17). The number of aryl methyl sites for hydroxylation is 1. The normalized spacial score (nSPS) is 11.1. The van der Waals surface area contributed by atoms with E-state index in [4.69, 9.17) is 5.73 Å². The lowest BCUT2D eigenvalue weighted by molar-refractivity contribution is 1.12. The molecule has 3 aromatic rings. The Morgan fingerprint density at radius 1 is 1.21 bits per heavy atom. The van der Waals surface area contributed by atoms with Crippen LogP contribution in [0.5, 0.6) is 0 Å². The minimum atomic E-state index is 0.328. The first-order valence-electron chi connectivity index (χ1n) is 5.59. The molecule has 0 fully saturated rings. The van der Waals surface area contributed by atoms with Crippen LogP contribution in [0, 0.1) is 6.92 Å². The molecule has 19 heavy (non-hydrogen) atoms. The van der Waals surface area contributed by atoms with E-state index in [1.54, 1.807) is 23.1 Å². The van der Waals surface area contributed by atoms with Gasteiger partial charge in [0.15, 0.2) is 0 Å². The minimum absolute atomic E-state index is 0.328. The van der Waals surface area contributed by atoms with Crippen LogP contribution in [0.1, 0.15) is 4.88 Å². The number of halogens is 1. The average Bonchev–Trinajstić information content (AvgIpc) is 2.72. The lowest BCUT2D eigenvalue weighted by Gasteiger charge is -2.03. The molecule has 1 aromatic carbocycles. The zero-order valence-electron chi connectivity index (χ0n) is 10.1. The highest BCUT2D eigenvalue weighted by Gasteiger charge is 2.10. The summed E-state index contributed by atoms with van der Waals surface area (Å²) < 4.78 is 1.07. The number of nitrogens with zero attached hydrogens (tertiary/aromatic N) is 2. The van der Waals surface area contributed by atoms with Gasteiger partial charge in [0.1, 0.15) is 9.86 Å². The second kappa shape index (κ2) is 5.11. The summed E-state index contributed by atoms with van der Waals surface area (Å²) >= 11 is 6.68. The largest absolute Gasteiger partial charge is 0.368 e. The van der Waals surface area contributed by atoms with Crippen molar-refractivity contribution in [1.29, 1.82) is 0 Å². The van der Waals surface area contributed by atoms with Gasteiger partial charge in [0, 0.05) is 19.6 Å². The van der Waals surface area contributed by atoms with Crippen LogP contribution in [0.3, 0.4) is 0 Å². The lowest BCUT2D eigenvalue weighted by Crippen LogP contribution is -1.95. The summed E-state index contributed by atoms with van der Waals surface area (Å²) in [6.07, 6.45) is 0. The van der Waals surface area contributed by atoms with Gasteiger partial charge in [0.2, 0.25) is 5.95 Å². The highest BCUT2D eigenvalue weighted by molar-refractivity contribution is 9.10. The maximum Gasteiger partial charge on any atom is 0.222 e. The van der Waals surface area contributed by atoms with Crippen LogP contribution in [0.15, 0.2) is 44.7 Å². The molecule has 2 heterocycles. The van der Waals surface area contributed by atoms with Crippen LogP contribution >= 0.6 is 39.0 Å². The van der Waals surface area contributed by atoms with E-state index in [1.807, 2.05) is 12.1 Å². The number of anilines is 1. The third-order valence-electron chi connectivity index (χ3n) is 2.53. The molecule has 3 rings (SSSR count). The van der Waals surface area contributed by atoms with Gasteiger partial charge in [-0.2, -0.15) is 0 Å². The second-order valence-corrected chi connectivity index (χ2v) is 7.23. The van der Waals surface area contributed by atoms with Gasteiger partial charge >= 0.3 is 0 Å². The molecule has 0 atom stereocenters. The van der Waals surface area contributed by atoms with Gasteiger partial charge in [-0.1, -0.05) is 27.7 Å². The Balaban J connectivity index is 2.06. The van der Waals surface area contributed by atoms with Crippen LogP contribution < -0.4 is 5.73 Å². The summed E-state index contributed by atoms with van der Waals surface area (Å²) in [5.41, 5.74) is 5.78. The van der Waals surface area contributed by atoms with E-state index < -0.39 is 0 Å². The van der Waals surface area contributed by atoms with Crippen LogP contribution in [-0.4, -0.2) is 9.97 Å². The maximum atomic E-state index is 5.78. The molecule has 0 radical (unpaired) electrons. The summed E-state index contributed by atoms with van der Waals surface area (Å²) in [4.78, 5) is 11.9. The summed E-state index contributed by atoms with van der Waals surface area (Å²) in [7, 11) is 0. The first-order chi connectivity index (χ1) is 9.11. The molecule has 0 bridgehead atoms. The fourth-order valence-electron chi connectivity index (χ4n) is 1.72. The number of aromatic nitrogens is 2. The van der Waals surface area contributed by atoms with Gasteiger partial charge in [-0.05, 0) is 37.3 Å². The Kier molecular flexibility index (Phi) is 3.47. The summed E-state index contributed by atoms with van der Waals surface area (Å²) in [5, 5.41) is 1.98. The van der Waals surface area contributed by atoms with Gasteiger partial charge < -0.3 is 5.73 Å². The molecular formula is C13H10BrN3S2. The number of rotatable bonds is 2. The van der Waals surface area contributed by atoms with E-state index in [-0.39, 0.29) is 0 Å². The zero-order chi connectivity index (χ0) is 13.4. The minimum Gasteiger partial charge on any atom is -0.368 e. The van der Waals surface area contributed by atoms with Crippen molar-refractivity contribution in [3.05, 3.63) is 39.7 Å². The molecule has 0 saturated carbocycles. The molecule has 0 aliphatic carbocycles. The van der Waals surface area contributed by atoms with Crippen molar-refractivity contribution in [2.75, 3.05) is 5.73 Å². The number of benzene rings is 1. The zero-order valence-corrected chi connectivity index (χ0v) is 13.3. The summed E-state index contributed by atoms with van der Waals surface area (Å²) in [6.45, 7) is 2.07. The van der Waals surface area contributed by atoms with Crippen molar-refractivity contribution in [3.8, 4) is 0 Å². The number of nitrogen functional groups attached to an aromatic ring is 1. The van der Waals surface area contributed by atoms with Crippen LogP contribution in [0.4, 0.5) is 5.95 Å². The maximum absolute atomic E-state index is 5.78. The highest BCUT2D eigenvalue weighted by Crippen LogP contribution is 2.35. The Bertz CT molecular complexity index is 737. The van der Waals surface area contributed by atoms with Crippen LogP contribution in [0.2, 0.25) is 0 Å². The quantitative estimate of drug-likeness (QED) is 0.690.